The van der Waals surface area contributed by atoms with E-state index in [1.54, 1.807) is 6.92 Å². The molecule has 0 heterocycles. The van der Waals surface area contributed by atoms with E-state index >= 15 is 0 Å². The van der Waals surface area contributed by atoms with Crippen molar-refractivity contribution < 1.29 is 19.8 Å². The molecule has 0 aromatic heterocycles. The van der Waals surface area contributed by atoms with E-state index in [1.165, 1.54) is 6.92 Å². The zero-order chi connectivity index (χ0) is 9.02. The molecule has 0 aromatic carbocycles. The van der Waals surface area contributed by atoms with Gasteiger partial charge in [-0.3, -0.25) is 0 Å². The fourth-order valence-corrected chi connectivity index (χ4v) is 0.609. The molecule has 0 aliphatic carbocycles. The molecule has 4 nitrogen and oxygen atoms in total. The van der Waals surface area contributed by atoms with Crippen molar-refractivity contribution in [3.63, 3.8) is 0 Å². The molecular weight excluding hydrogens is 148 g/mol. The second-order valence-electron chi connectivity index (χ2n) is 2.08. The van der Waals surface area contributed by atoms with Gasteiger partial charge in [-0.15, -0.1) is 0 Å². The highest BCUT2D eigenvalue weighted by Gasteiger charge is 2.02. The Balaban J connectivity index is 4.88. The smallest absolute Gasteiger partial charge is 0.0732 e. The van der Waals surface area contributed by atoms with Crippen molar-refractivity contribution in [2.75, 3.05) is 0 Å². The average Bonchev–Trinajstić information content (AvgIpc) is 1.85. The van der Waals surface area contributed by atoms with E-state index in [2.05, 4.69) is 0 Å². The van der Waals surface area contributed by atoms with Gasteiger partial charge in [0, 0.05) is 5.57 Å². The molecule has 0 saturated heterocycles. The maximum Gasteiger partial charge on any atom is 0.0732 e. The summed E-state index contributed by atoms with van der Waals surface area (Å²) < 4.78 is 0. The predicted molar refractivity (Wildman–Crippen MR) is 33.0 cm³/mol. The standard InChI is InChI=1S/C7H10O4/c1-3-4(2)5(6(8)9)7(10)11/h3H2,1-2H3,(H,8,9)(H,10,11)/p-2. The van der Waals surface area contributed by atoms with Gasteiger partial charge >= 0.3 is 0 Å². The van der Waals surface area contributed by atoms with Crippen LogP contribution in [0, 0.1) is 0 Å². The number of carboxylic acid groups (broad SMARTS) is 2. The Morgan fingerprint density at radius 2 is 1.55 bits per heavy atom. The molecule has 0 aromatic rings. The maximum absolute atomic E-state index is 10.2. The van der Waals surface area contributed by atoms with Crippen molar-refractivity contribution >= 4 is 11.9 Å². The van der Waals surface area contributed by atoms with E-state index in [-0.39, 0.29) is 5.57 Å². The molecule has 0 spiro atoms. The first kappa shape index (κ1) is 9.68. The van der Waals surface area contributed by atoms with Crippen LogP contribution in [-0.2, 0) is 9.59 Å². The summed E-state index contributed by atoms with van der Waals surface area (Å²) in [5.74, 6) is -3.38. The van der Waals surface area contributed by atoms with Crippen molar-refractivity contribution in [2.24, 2.45) is 0 Å². The third kappa shape index (κ3) is 2.41. The lowest BCUT2D eigenvalue weighted by Gasteiger charge is -2.12. The van der Waals surface area contributed by atoms with Gasteiger partial charge in [0.05, 0.1) is 11.9 Å². The van der Waals surface area contributed by atoms with Gasteiger partial charge in [-0.2, -0.15) is 0 Å². The number of carbonyl (C=O) groups is 2. The second-order valence-corrected chi connectivity index (χ2v) is 2.08. The first-order valence-corrected chi connectivity index (χ1v) is 3.13. The number of aliphatic carboxylic acids is 2. The van der Waals surface area contributed by atoms with Crippen LogP contribution in [0.15, 0.2) is 11.1 Å². The molecule has 0 fully saturated rings. The van der Waals surface area contributed by atoms with Crippen LogP contribution in [0.2, 0.25) is 0 Å². The van der Waals surface area contributed by atoms with Crippen LogP contribution in [0.4, 0.5) is 0 Å². The lowest BCUT2D eigenvalue weighted by atomic mass is 10.1. The summed E-state index contributed by atoms with van der Waals surface area (Å²) in [6.07, 6.45) is 0.358. The Hall–Kier alpha value is -1.32. The SMILES string of the molecule is CCC(C)=C(C(=O)[O-])C(=O)[O-]. The van der Waals surface area contributed by atoms with E-state index in [1.807, 2.05) is 0 Å². The molecule has 0 rings (SSSR count). The third-order valence-electron chi connectivity index (χ3n) is 1.37. The minimum absolute atomic E-state index is 0.255. The van der Waals surface area contributed by atoms with Gasteiger partial charge in [0.2, 0.25) is 0 Å². The molecule has 0 unspecified atom stereocenters. The van der Waals surface area contributed by atoms with Gasteiger partial charge in [0.1, 0.15) is 0 Å². The Morgan fingerprint density at radius 1 is 1.18 bits per heavy atom. The van der Waals surface area contributed by atoms with Gasteiger partial charge in [0.25, 0.3) is 0 Å². The van der Waals surface area contributed by atoms with Crippen molar-refractivity contribution in [3.05, 3.63) is 11.1 Å². The van der Waals surface area contributed by atoms with Crippen LogP contribution in [0.5, 0.6) is 0 Å². The fraction of sp³-hybridized carbons (Fsp3) is 0.429. The van der Waals surface area contributed by atoms with Crippen molar-refractivity contribution in [3.8, 4) is 0 Å². The summed E-state index contributed by atoms with van der Waals surface area (Å²) >= 11 is 0. The van der Waals surface area contributed by atoms with Crippen LogP contribution >= 0.6 is 0 Å². The van der Waals surface area contributed by atoms with Crippen LogP contribution < -0.4 is 10.2 Å². The summed E-state index contributed by atoms with van der Waals surface area (Å²) in [6, 6.07) is 0. The van der Waals surface area contributed by atoms with Crippen molar-refractivity contribution in [2.45, 2.75) is 20.3 Å². The summed E-state index contributed by atoms with van der Waals surface area (Å²) in [5, 5.41) is 20.3. The predicted octanol–water partition coefficient (Wildman–Crippen LogP) is -1.79. The molecule has 0 aliphatic heterocycles. The number of carboxylic acids is 2. The molecule has 0 bridgehead atoms. The normalized spacial score (nSPS) is 8.91. The van der Waals surface area contributed by atoms with E-state index < -0.39 is 17.5 Å². The molecule has 62 valence electrons. The molecule has 0 atom stereocenters. The summed E-state index contributed by atoms with van der Waals surface area (Å²) in [4.78, 5) is 20.3. The Bertz CT molecular complexity index is 198. The Morgan fingerprint density at radius 3 is 1.64 bits per heavy atom. The maximum atomic E-state index is 10.2. The Kier molecular flexibility index (Phi) is 3.30. The monoisotopic (exact) mass is 156 g/mol. The van der Waals surface area contributed by atoms with E-state index in [9.17, 15) is 19.8 Å². The first-order valence-electron chi connectivity index (χ1n) is 3.13. The van der Waals surface area contributed by atoms with Crippen molar-refractivity contribution in [1.29, 1.82) is 0 Å². The van der Waals surface area contributed by atoms with Crippen LogP contribution in [0.1, 0.15) is 20.3 Å². The number of allylic oxidation sites excluding steroid dienone is 1. The van der Waals surface area contributed by atoms with Gasteiger partial charge < -0.3 is 19.8 Å². The number of rotatable bonds is 3. The van der Waals surface area contributed by atoms with Crippen LogP contribution in [0.25, 0.3) is 0 Å². The van der Waals surface area contributed by atoms with Gasteiger partial charge in [-0.05, 0) is 13.3 Å². The van der Waals surface area contributed by atoms with Gasteiger partial charge in [-0.25, -0.2) is 0 Å². The summed E-state index contributed by atoms with van der Waals surface area (Å²) in [5.41, 5.74) is -0.488. The lowest BCUT2D eigenvalue weighted by Crippen LogP contribution is -2.37. The third-order valence-corrected chi connectivity index (χ3v) is 1.37. The van der Waals surface area contributed by atoms with E-state index in [4.69, 9.17) is 0 Å². The number of hydrogen-bond donors (Lipinski definition) is 0. The molecule has 0 saturated carbocycles. The quantitative estimate of drug-likeness (QED) is 0.274. The molecule has 0 amide bonds. The zero-order valence-corrected chi connectivity index (χ0v) is 6.34. The largest absolute Gasteiger partial charge is 0.545 e. The van der Waals surface area contributed by atoms with Gasteiger partial charge in [0.15, 0.2) is 0 Å². The highest BCUT2D eigenvalue weighted by Crippen LogP contribution is 2.05. The highest BCUT2D eigenvalue weighted by atomic mass is 16.4. The average molecular weight is 156 g/mol. The topological polar surface area (TPSA) is 80.3 Å². The molecule has 0 N–H and O–H groups in total. The second kappa shape index (κ2) is 3.75. The minimum Gasteiger partial charge on any atom is -0.545 e. The molecule has 0 aliphatic rings. The van der Waals surface area contributed by atoms with Crippen LogP contribution in [0.3, 0.4) is 0 Å². The zero-order valence-electron chi connectivity index (χ0n) is 6.34. The summed E-state index contributed by atoms with van der Waals surface area (Å²) in [6.45, 7) is 3.07. The van der Waals surface area contributed by atoms with E-state index in [0.717, 1.165) is 0 Å². The fourth-order valence-electron chi connectivity index (χ4n) is 0.609. The van der Waals surface area contributed by atoms with Gasteiger partial charge in [-0.1, -0.05) is 12.5 Å². The lowest BCUT2D eigenvalue weighted by molar-refractivity contribution is -0.312. The molecule has 0 radical (unpaired) electrons. The highest BCUT2D eigenvalue weighted by molar-refractivity contribution is 6.11. The van der Waals surface area contributed by atoms with Crippen molar-refractivity contribution in [1.82, 2.24) is 0 Å². The van der Waals surface area contributed by atoms with Crippen LogP contribution in [-0.4, -0.2) is 11.9 Å². The number of carbonyl (C=O) groups excluding carboxylic acids is 2. The first-order chi connectivity index (χ1) is 5.00. The van der Waals surface area contributed by atoms with E-state index in [0.29, 0.717) is 6.42 Å². The molecular formula is C7H8O4-2. The molecule has 4 heteroatoms. The summed E-state index contributed by atoms with van der Waals surface area (Å²) in [7, 11) is 0. The minimum atomic E-state index is -1.69. The number of hydrogen-bond acceptors (Lipinski definition) is 4. The molecule has 11 heavy (non-hydrogen) atoms. The Labute approximate surface area is 64.2 Å².